The fourth-order valence-electron chi connectivity index (χ4n) is 2.44. The van der Waals surface area contributed by atoms with E-state index in [0.717, 1.165) is 19.4 Å². The van der Waals surface area contributed by atoms with Gasteiger partial charge in [-0.3, -0.25) is 0 Å². The Bertz CT molecular complexity index is 515. The zero-order valence-electron chi connectivity index (χ0n) is 12.1. The molecule has 1 heterocycles. The summed E-state index contributed by atoms with van der Waals surface area (Å²) < 4.78 is 0. The van der Waals surface area contributed by atoms with Gasteiger partial charge in [-0.05, 0) is 44.5 Å². The third-order valence-corrected chi connectivity index (χ3v) is 4.73. The van der Waals surface area contributed by atoms with Gasteiger partial charge < -0.3 is 5.32 Å². The Balaban J connectivity index is 2.15. The van der Waals surface area contributed by atoms with Gasteiger partial charge in [0.1, 0.15) is 0 Å². The number of likely N-dealkylation sites (N-methyl/N-ethyl adjacent to an activating group) is 1. The minimum atomic E-state index is 0.563. The van der Waals surface area contributed by atoms with Gasteiger partial charge in [-0.2, -0.15) is 0 Å². The molecule has 0 fully saturated rings. The summed E-state index contributed by atoms with van der Waals surface area (Å²) in [7, 11) is 2.04. The maximum atomic E-state index is 3.33. The summed E-state index contributed by atoms with van der Waals surface area (Å²) >= 11 is 1.96. The van der Waals surface area contributed by atoms with Crippen LogP contribution >= 0.6 is 11.3 Å². The summed E-state index contributed by atoms with van der Waals surface area (Å²) in [5.41, 5.74) is 2.79. The number of nitrogens with one attached hydrogen (secondary N) is 1. The summed E-state index contributed by atoms with van der Waals surface area (Å²) in [6.07, 6.45) is 2.28. The lowest BCUT2D eigenvalue weighted by Gasteiger charge is -2.17. The highest BCUT2D eigenvalue weighted by molar-refractivity contribution is 7.11. The van der Waals surface area contributed by atoms with Crippen molar-refractivity contribution in [2.75, 3.05) is 13.6 Å². The first kappa shape index (κ1) is 14.3. The highest BCUT2D eigenvalue weighted by Crippen LogP contribution is 2.26. The molecule has 0 spiro atoms. The molecule has 102 valence electrons. The van der Waals surface area contributed by atoms with Crippen LogP contribution < -0.4 is 5.32 Å². The van der Waals surface area contributed by atoms with Crippen molar-refractivity contribution in [2.24, 2.45) is 0 Å². The normalized spacial score (nSPS) is 12.6. The van der Waals surface area contributed by atoms with Gasteiger partial charge in [0.2, 0.25) is 0 Å². The van der Waals surface area contributed by atoms with Gasteiger partial charge in [0.15, 0.2) is 0 Å². The first-order chi connectivity index (χ1) is 9.22. The molecule has 0 aliphatic carbocycles. The van der Waals surface area contributed by atoms with Crippen LogP contribution in [0.15, 0.2) is 36.4 Å². The lowest BCUT2D eigenvalue weighted by molar-refractivity contribution is 0.629. The highest BCUT2D eigenvalue weighted by atomic mass is 32.1. The number of hydrogen-bond donors (Lipinski definition) is 1. The minimum absolute atomic E-state index is 0.563. The zero-order chi connectivity index (χ0) is 13.7. The van der Waals surface area contributed by atoms with Crippen molar-refractivity contribution < 1.29 is 0 Å². The topological polar surface area (TPSA) is 12.0 Å². The van der Waals surface area contributed by atoms with Gasteiger partial charge in [0, 0.05) is 22.2 Å². The Labute approximate surface area is 120 Å². The lowest BCUT2D eigenvalue weighted by Crippen LogP contribution is -2.18. The molecule has 0 aliphatic heterocycles. The van der Waals surface area contributed by atoms with E-state index in [-0.39, 0.29) is 0 Å². The molecular formula is C17H23NS. The molecule has 2 aromatic rings. The fourth-order valence-corrected chi connectivity index (χ4v) is 3.48. The average molecular weight is 273 g/mol. The predicted molar refractivity (Wildman–Crippen MR) is 85.2 cm³/mol. The molecule has 0 saturated heterocycles. The lowest BCUT2D eigenvalue weighted by atomic mass is 9.94. The van der Waals surface area contributed by atoms with Crippen molar-refractivity contribution >= 4 is 11.3 Å². The van der Waals surface area contributed by atoms with Gasteiger partial charge in [0.05, 0.1) is 0 Å². The Kier molecular flexibility index (Phi) is 5.17. The first-order valence-corrected chi connectivity index (χ1v) is 7.83. The number of thiophene rings is 1. The van der Waals surface area contributed by atoms with Gasteiger partial charge >= 0.3 is 0 Å². The number of hydrogen-bond acceptors (Lipinski definition) is 2. The predicted octanol–water partition coefficient (Wildman–Crippen LogP) is 4.16. The summed E-state index contributed by atoms with van der Waals surface area (Å²) in [4.78, 5) is 2.99. The summed E-state index contributed by atoms with van der Waals surface area (Å²) in [6.45, 7) is 5.42. The van der Waals surface area contributed by atoms with Crippen molar-refractivity contribution in [2.45, 2.75) is 32.6 Å². The summed E-state index contributed by atoms with van der Waals surface area (Å²) in [5.74, 6) is 0.563. The van der Waals surface area contributed by atoms with Crippen molar-refractivity contribution in [3.05, 3.63) is 57.3 Å². The van der Waals surface area contributed by atoms with Crippen LogP contribution in [0.3, 0.4) is 0 Å². The zero-order valence-corrected chi connectivity index (χ0v) is 12.9. The van der Waals surface area contributed by atoms with Gasteiger partial charge in [-0.1, -0.05) is 36.8 Å². The van der Waals surface area contributed by atoms with Crippen LogP contribution in [-0.4, -0.2) is 13.6 Å². The van der Waals surface area contributed by atoms with Crippen LogP contribution in [0.25, 0.3) is 0 Å². The van der Waals surface area contributed by atoms with Crippen molar-refractivity contribution in [3.63, 3.8) is 0 Å². The Morgan fingerprint density at radius 2 is 1.95 bits per heavy atom. The summed E-state index contributed by atoms with van der Waals surface area (Å²) in [6, 6.07) is 13.5. The van der Waals surface area contributed by atoms with Crippen LogP contribution in [0, 0.1) is 6.92 Å². The fraction of sp³-hybridized carbons (Fsp3) is 0.412. The molecule has 0 aliphatic rings. The third-order valence-electron chi connectivity index (χ3n) is 3.48. The van der Waals surface area contributed by atoms with E-state index >= 15 is 0 Å². The molecule has 1 aromatic carbocycles. The molecular weight excluding hydrogens is 250 g/mol. The highest BCUT2D eigenvalue weighted by Gasteiger charge is 2.13. The molecule has 1 nitrogen and oxygen atoms in total. The molecule has 0 saturated carbocycles. The van der Waals surface area contributed by atoms with E-state index in [2.05, 4.69) is 55.6 Å². The molecule has 2 rings (SSSR count). The SMILES string of the molecule is CCc1ccc(CC(CNC)c2cccc(C)c2)s1. The molecule has 1 atom stereocenters. The van der Waals surface area contributed by atoms with Crippen LogP contribution in [0.1, 0.15) is 33.7 Å². The Hall–Kier alpha value is -1.12. The van der Waals surface area contributed by atoms with Crippen molar-refractivity contribution in [3.8, 4) is 0 Å². The Morgan fingerprint density at radius 3 is 2.58 bits per heavy atom. The van der Waals surface area contributed by atoms with Crippen LogP contribution in [0.5, 0.6) is 0 Å². The van der Waals surface area contributed by atoms with Gasteiger partial charge in [-0.15, -0.1) is 11.3 Å². The second-order valence-electron chi connectivity index (χ2n) is 5.09. The molecule has 0 bridgehead atoms. The molecule has 2 heteroatoms. The molecule has 1 unspecified atom stereocenters. The quantitative estimate of drug-likeness (QED) is 0.833. The molecule has 0 amide bonds. The van der Waals surface area contributed by atoms with Crippen molar-refractivity contribution in [1.82, 2.24) is 5.32 Å². The van der Waals surface area contributed by atoms with E-state index in [1.807, 2.05) is 18.4 Å². The van der Waals surface area contributed by atoms with E-state index in [0.29, 0.717) is 5.92 Å². The minimum Gasteiger partial charge on any atom is -0.319 e. The van der Waals surface area contributed by atoms with E-state index in [9.17, 15) is 0 Å². The van der Waals surface area contributed by atoms with Crippen LogP contribution in [0.4, 0.5) is 0 Å². The standard InChI is InChI=1S/C17H23NS/c1-4-16-8-9-17(19-16)11-15(12-18-3)14-7-5-6-13(2)10-14/h5-10,15,18H,4,11-12H2,1-3H3. The molecule has 19 heavy (non-hydrogen) atoms. The van der Waals surface area contributed by atoms with Gasteiger partial charge in [-0.25, -0.2) is 0 Å². The van der Waals surface area contributed by atoms with Gasteiger partial charge in [0.25, 0.3) is 0 Å². The second kappa shape index (κ2) is 6.88. The maximum absolute atomic E-state index is 3.33. The Morgan fingerprint density at radius 1 is 1.16 bits per heavy atom. The number of benzene rings is 1. The second-order valence-corrected chi connectivity index (χ2v) is 6.35. The number of aryl methyl sites for hydroxylation is 2. The van der Waals surface area contributed by atoms with E-state index in [1.165, 1.54) is 20.9 Å². The molecule has 1 aromatic heterocycles. The average Bonchev–Trinajstić information content (AvgIpc) is 2.86. The van der Waals surface area contributed by atoms with Crippen LogP contribution in [-0.2, 0) is 12.8 Å². The van der Waals surface area contributed by atoms with E-state index in [4.69, 9.17) is 0 Å². The first-order valence-electron chi connectivity index (χ1n) is 7.01. The largest absolute Gasteiger partial charge is 0.319 e. The van der Waals surface area contributed by atoms with Crippen molar-refractivity contribution in [1.29, 1.82) is 0 Å². The van der Waals surface area contributed by atoms with Crippen LogP contribution in [0.2, 0.25) is 0 Å². The number of rotatable bonds is 6. The monoisotopic (exact) mass is 273 g/mol. The molecule has 0 radical (unpaired) electrons. The maximum Gasteiger partial charge on any atom is 0.00547 e. The smallest absolute Gasteiger partial charge is 0.00547 e. The molecule has 1 N–H and O–H groups in total. The van der Waals surface area contributed by atoms with E-state index in [1.54, 1.807) is 0 Å². The third kappa shape index (κ3) is 3.92. The summed E-state index contributed by atoms with van der Waals surface area (Å²) in [5, 5.41) is 3.33. The van der Waals surface area contributed by atoms with E-state index < -0.39 is 0 Å².